The SMILES string of the molecule is CC1CCC(C(O)C2(C#N)CCCCC2)CC1. The van der Waals surface area contributed by atoms with Crippen molar-refractivity contribution in [3.05, 3.63) is 0 Å². The van der Waals surface area contributed by atoms with Gasteiger partial charge in [-0.15, -0.1) is 0 Å². The molecule has 1 N–H and O–H groups in total. The van der Waals surface area contributed by atoms with E-state index in [1.807, 2.05) is 0 Å². The van der Waals surface area contributed by atoms with Crippen molar-refractivity contribution in [1.82, 2.24) is 0 Å². The maximum Gasteiger partial charge on any atom is 0.0835 e. The molecule has 2 nitrogen and oxygen atoms in total. The number of nitrogens with zero attached hydrogens (tertiary/aromatic N) is 1. The Labute approximate surface area is 105 Å². The third kappa shape index (κ3) is 2.65. The van der Waals surface area contributed by atoms with Crippen molar-refractivity contribution in [2.45, 2.75) is 70.8 Å². The van der Waals surface area contributed by atoms with Gasteiger partial charge in [0, 0.05) is 0 Å². The standard InChI is InChI=1S/C15H25NO/c1-12-5-7-13(8-6-12)14(17)15(11-16)9-3-2-4-10-15/h12-14,17H,2-10H2,1H3. The van der Waals surface area contributed by atoms with Gasteiger partial charge in [0.15, 0.2) is 0 Å². The number of aliphatic hydroxyl groups is 1. The highest BCUT2D eigenvalue weighted by Gasteiger charge is 2.43. The maximum atomic E-state index is 10.6. The van der Waals surface area contributed by atoms with Gasteiger partial charge in [-0.05, 0) is 37.5 Å². The fourth-order valence-electron chi connectivity index (χ4n) is 3.71. The van der Waals surface area contributed by atoms with Crippen molar-refractivity contribution in [3.63, 3.8) is 0 Å². The average Bonchev–Trinajstić information content (AvgIpc) is 2.39. The van der Waals surface area contributed by atoms with E-state index in [0.29, 0.717) is 5.92 Å². The first-order chi connectivity index (χ1) is 8.18. The third-order valence-electron chi connectivity index (χ3n) is 5.04. The fourth-order valence-corrected chi connectivity index (χ4v) is 3.71. The van der Waals surface area contributed by atoms with Crippen LogP contribution in [0.4, 0.5) is 0 Å². The summed E-state index contributed by atoms with van der Waals surface area (Å²) in [5, 5.41) is 20.1. The van der Waals surface area contributed by atoms with Crippen molar-refractivity contribution in [3.8, 4) is 6.07 Å². The highest BCUT2D eigenvalue weighted by Crippen LogP contribution is 2.44. The minimum Gasteiger partial charge on any atom is -0.391 e. The highest BCUT2D eigenvalue weighted by molar-refractivity contribution is 5.06. The van der Waals surface area contributed by atoms with Crippen molar-refractivity contribution >= 4 is 0 Å². The molecule has 0 aromatic rings. The molecule has 0 aliphatic heterocycles. The molecular weight excluding hydrogens is 210 g/mol. The molecule has 2 heteroatoms. The second-order valence-electron chi connectivity index (χ2n) is 6.29. The molecule has 0 amide bonds. The summed E-state index contributed by atoms with van der Waals surface area (Å²) in [6.07, 6.45) is 9.61. The van der Waals surface area contributed by atoms with Crippen LogP contribution in [0.1, 0.15) is 64.7 Å². The topological polar surface area (TPSA) is 44.0 Å². The zero-order valence-electron chi connectivity index (χ0n) is 11.0. The van der Waals surface area contributed by atoms with Crippen LogP contribution in [-0.2, 0) is 0 Å². The van der Waals surface area contributed by atoms with Crippen molar-refractivity contribution in [2.24, 2.45) is 17.3 Å². The van der Waals surface area contributed by atoms with E-state index in [4.69, 9.17) is 0 Å². The summed E-state index contributed by atoms with van der Waals surface area (Å²) in [6.45, 7) is 2.29. The first kappa shape index (κ1) is 12.9. The molecule has 0 saturated heterocycles. The molecule has 1 atom stereocenters. The summed E-state index contributed by atoms with van der Waals surface area (Å²) in [5.41, 5.74) is -0.413. The minimum atomic E-state index is -0.413. The summed E-state index contributed by atoms with van der Waals surface area (Å²) in [6, 6.07) is 2.48. The molecular formula is C15H25NO. The van der Waals surface area contributed by atoms with Crippen LogP contribution < -0.4 is 0 Å². The maximum absolute atomic E-state index is 10.6. The number of hydrogen-bond donors (Lipinski definition) is 1. The van der Waals surface area contributed by atoms with Crippen molar-refractivity contribution < 1.29 is 5.11 Å². The molecule has 96 valence electrons. The number of aliphatic hydroxyl groups excluding tert-OH is 1. The Hall–Kier alpha value is -0.550. The van der Waals surface area contributed by atoms with E-state index in [-0.39, 0.29) is 6.10 Å². The Balaban J connectivity index is 2.02. The van der Waals surface area contributed by atoms with Crippen LogP contribution >= 0.6 is 0 Å². The van der Waals surface area contributed by atoms with E-state index in [0.717, 1.165) is 44.4 Å². The molecule has 0 heterocycles. The van der Waals surface area contributed by atoms with Crippen LogP contribution in [0, 0.1) is 28.6 Å². The number of rotatable bonds is 2. The number of nitriles is 1. The van der Waals surface area contributed by atoms with E-state index in [2.05, 4.69) is 13.0 Å². The van der Waals surface area contributed by atoms with Gasteiger partial charge in [-0.25, -0.2) is 0 Å². The van der Waals surface area contributed by atoms with E-state index in [1.54, 1.807) is 0 Å². The summed E-state index contributed by atoms with van der Waals surface area (Å²) in [5.74, 6) is 1.19. The molecule has 0 bridgehead atoms. The van der Waals surface area contributed by atoms with Gasteiger partial charge in [-0.1, -0.05) is 39.0 Å². The van der Waals surface area contributed by atoms with Gasteiger partial charge in [0.05, 0.1) is 17.6 Å². The molecule has 0 aromatic heterocycles. The second-order valence-corrected chi connectivity index (χ2v) is 6.29. The van der Waals surface area contributed by atoms with Gasteiger partial charge in [0.1, 0.15) is 0 Å². The van der Waals surface area contributed by atoms with Crippen molar-refractivity contribution in [2.75, 3.05) is 0 Å². The minimum absolute atomic E-state index is 0.375. The van der Waals surface area contributed by atoms with Gasteiger partial charge in [-0.2, -0.15) is 5.26 Å². The molecule has 0 aromatic carbocycles. The fraction of sp³-hybridized carbons (Fsp3) is 0.933. The van der Waals surface area contributed by atoms with Gasteiger partial charge >= 0.3 is 0 Å². The monoisotopic (exact) mass is 235 g/mol. The van der Waals surface area contributed by atoms with E-state index < -0.39 is 5.41 Å². The van der Waals surface area contributed by atoms with E-state index in [1.165, 1.54) is 19.3 Å². The lowest BCUT2D eigenvalue weighted by atomic mass is 9.65. The van der Waals surface area contributed by atoms with Crippen LogP contribution in [0.15, 0.2) is 0 Å². The third-order valence-corrected chi connectivity index (χ3v) is 5.04. The molecule has 2 rings (SSSR count). The van der Waals surface area contributed by atoms with Gasteiger partial charge in [0.2, 0.25) is 0 Å². The Morgan fingerprint density at radius 3 is 2.24 bits per heavy atom. The smallest absolute Gasteiger partial charge is 0.0835 e. The summed E-state index contributed by atoms with van der Waals surface area (Å²) < 4.78 is 0. The average molecular weight is 235 g/mol. The van der Waals surface area contributed by atoms with E-state index >= 15 is 0 Å². The molecule has 2 fully saturated rings. The Morgan fingerprint density at radius 1 is 1.12 bits per heavy atom. The van der Waals surface area contributed by atoms with Gasteiger partial charge < -0.3 is 5.11 Å². The van der Waals surface area contributed by atoms with Crippen LogP contribution in [-0.4, -0.2) is 11.2 Å². The Kier molecular flexibility index (Phi) is 4.09. The summed E-state index contributed by atoms with van der Waals surface area (Å²) in [7, 11) is 0. The van der Waals surface area contributed by atoms with Crippen LogP contribution in [0.3, 0.4) is 0 Å². The predicted molar refractivity (Wildman–Crippen MR) is 68.3 cm³/mol. The Bertz CT molecular complexity index is 280. The molecule has 0 radical (unpaired) electrons. The van der Waals surface area contributed by atoms with Crippen LogP contribution in [0.25, 0.3) is 0 Å². The molecule has 17 heavy (non-hydrogen) atoms. The highest BCUT2D eigenvalue weighted by atomic mass is 16.3. The van der Waals surface area contributed by atoms with Crippen LogP contribution in [0.5, 0.6) is 0 Å². The summed E-state index contributed by atoms with van der Waals surface area (Å²) in [4.78, 5) is 0. The second kappa shape index (κ2) is 5.40. The summed E-state index contributed by atoms with van der Waals surface area (Å²) >= 11 is 0. The zero-order chi connectivity index (χ0) is 12.3. The van der Waals surface area contributed by atoms with Crippen molar-refractivity contribution in [1.29, 1.82) is 5.26 Å². The van der Waals surface area contributed by atoms with E-state index in [9.17, 15) is 10.4 Å². The normalized spacial score (nSPS) is 34.9. The molecule has 2 aliphatic carbocycles. The molecule has 2 aliphatic rings. The molecule has 2 saturated carbocycles. The lowest BCUT2D eigenvalue weighted by Crippen LogP contribution is -2.42. The first-order valence-electron chi connectivity index (χ1n) is 7.27. The predicted octanol–water partition coefficient (Wildman–Crippen LogP) is 3.65. The lowest BCUT2D eigenvalue weighted by Gasteiger charge is -2.41. The molecule has 0 spiro atoms. The van der Waals surface area contributed by atoms with Crippen LogP contribution in [0.2, 0.25) is 0 Å². The first-order valence-corrected chi connectivity index (χ1v) is 7.27. The van der Waals surface area contributed by atoms with Gasteiger partial charge in [0.25, 0.3) is 0 Å². The quantitative estimate of drug-likeness (QED) is 0.794. The Morgan fingerprint density at radius 2 is 1.71 bits per heavy atom. The zero-order valence-corrected chi connectivity index (χ0v) is 11.0. The largest absolute Gasteiger partial charge is 0.391 e. The number of hydrogen-bond acceptors (Lipinski definition) is 2. The van der Waals surface area contributed by atoms with Gasteiger partial charge in [-0.3, -0.25) is 0 Å². The molecule has 1 unspecified atom stereocenters. The lowest BCUT2D eigenvalue weighted by molar-refractivity contribution is -0.0230.